The minimum atomic E-state index is 0.400. The quantitative estimate of drug-likeness (QED) is 0.745. The Balaban J connectivity index is 2.05. The van der Waals surface area contributed by atoms with E-state index in [-0.39, 0.29) is 0 Å². The van der Waals surface area contributed by atoms with Gasteiger partial charge >= 0.3 is 0 Å². The summed E-state index contributed by atoms with van der Waals surface area (Å²) >= 11 is 3.51. The number of benzene rings is 1. The molecule has 1 nitrogen and oxygen atoms in total. The van der Waals surface area contributed by atoms with Gasteiger partial charge in [0.1, 0.15) is 0 Å². The molecule has 1 aliphatic carbocycles. The summed E-state index contributed by atoms with van der Waals surface area (Å²) in [7, 11) is 0. The maximum absolute atomic E-state index is 3.90. The van der Waals surface area contributed by atoms with Crippen molar-refractivity contribution in [1.29, 1.82) is 0 Å². The van der Waals surface area contributed by atoms with Gasteiger partial charge in [0.05, 0.1) is 0 Å². The molecule has 0 radical (unpaired) electrons. The van der Waals surface area contributed by atoms with Crippen molar-refractivity contribution in [1.82, 2.24) is 5.32 Å². The third-order valence-electron chi connectivity index (χ3n) is 4.71. The molecule has 112 valence electrons. The predicted octanol–water partition coefficient (Wildman–Crippen LogP) is 5.70. The van der Waals surface area contributed by atoms with Crippen molar-refractivity contribution < 1.29 is 0 Å². The first kappa shape index (κ1) is 16.0. The molecule has 3 atom stereocenters. The third kappa shape index (κ3) is 4.08. The van der Waals surface area contributed by atoms with Crippen molar-refractivity contribution in [2.45, 2.75) is 65.5 Å². The van der Waals surface area contributed by atoms with Crippen molar-refractivity contribution in [2.75, 3.05) is 0 Å². The number of hydrogen-bond acceptors (Lipinski definition) is 1. The minimum absolute atomic E-state index is 0.400. The summed E-state index contributed by atoms with van der Waals surface area (Å²) in [6.07, 6.45) is 5.46. The summed E-state index contributed by atoms with van der Waals surface area (Å²) in [5.74, 6) is 0.786. The molecule has 1 aromatic rings. The zero-order valence-electron chi connectivity index (χ0n) is 13.2. The van der Waals surface area contributed by atoms with Crippen molar-refractivity contribution in [2.24, 2.45) is 11.3 Å². The lowest BCUT2D eigenvalue weighted by Crippen LogP contribution is -2.45. The molecule has 1 N–H and O–H groups in total. The largest absolute Gasteiger partial charge is 0.307 e. The smallest absolute Gasteiger partial charge is 0.0294 e. The summed E-state index contributed by atoms with van der Waals surface area (Å²) in [5, 5.41) is 3.90. The lowest BCUT2D eigenvalue weighted by Gasteiger charge is -2.42. The van der Waals surface area contributed by atoms with E-state index in [1.807, 2.05) is 0 Å². The van der Waals surface area contributed by atoms with Gasteiger partial charge in [-0.2, -0.15) is 0 Å². The van der Waals surface area contributed by atoms with Crippen LogP contribution in [-0.4, -0.2) is 6.04 Å². The van der Waals surface area contributed by atoms with Crippen LogP contribution >= 0.6 is 15.9 Å². The SMILES string of the molecule is C[C@@H](NC1CCCCC1C(C)(C)C)c1ccc(Br)cc1. The number of hydrogen-bond donors (Lipinski definition) is 1. The Morgan fingerprint density at radius 3 is 2.30 bits per heavy atom. The van der Waals surface area contributed by atoms with E-state index in [0.717, 1.165) is 10.4 Å². The van der Waals surface area contributed by atoms with E-state index in [1.54, 1.807) is 0 Å². The molecular weight excluding hydrogens is 310 g/mol. The minimum Gasteiger partial charge on any atom is -0.307 e. The fourth-order valence-corrected chi connectivity index (χ4v) is 3.80. The molecule has 0 saturated heterocycles. The topological polar surface area (TPSA) is 12.0 Å². The van der Waals surface area contributed by atoms with Crippen LogP contribution in [0, 0.1) is 11.3 Å². The molecule has 0 spiro atoms. The standard InChI is InChI=1S/C18H28BrN/c1-13(14-9-11-15(19)12-10-14)20-17-8-6-5-7-16(17)18(2,3)4/h9-13,16-17,20H,5-8H2,1-4H3/t13-,16?,17?/m1/s1. The van der Waals surface area contributed by atoms with Gasteiger partial charge in [-0.3, -0.25) is 0 Å². The monoisotopic (exact) mass is 337 g/mol. The molecule has 0 amide bonds. The van der Waals surface area contributed by atoms with E-state index in [2.05, 4.69) is 73.2 Å². The maximum atomic E-state index is 3.90. The van der Waals surface area contributed by atoms with Crippen LogP contribution in [0.3, 0.4) is 0 Å². The molecule has 1 fully saturated rings. The Labute approximate surface area is 132 Å². The van der Waals surface area contributed by atoms with Crippen LogP contribution in [0.1, 0.15) is 65.0 Å². The lowest BCUT2D eigenvalue weighted by atomic mass is 9.69. The van der Waals surface area contributed by atoms with Crippen LogP contribution in [0.25, 0.3) is 0 Å². The molecule has 1 aliphatic rings. The second kappa shape index (κ2) is 6.62. The molecule has 2 rings (SSSR count). The normalized spacial score (nSPS) is 25.4. The Morgan fingerprint density at radius 2 is 1.70 bits per heavy atom. The van der Waals surface area contributed by atoms with Crippen LogP contribution in [0.5, 0.6) is 0 Å². The first-order valence-electron chi connectivity index (χ1n) is 7.89. The van der Waals surface area contributed by atoms with Crippen LogP contribution in [0.2, 0.25) is 0 Å². The fraction of sp³-hybridized carbons (Fsp3) is 0.667. The highest BCUT2D eigenvalue weighted by molar-refractivity contribution is 9.10. The van der Waals surface area contributed by atoms with Gasteiger partial charge in [-0.15, -0.1) is 0 Å². The van der Waals surface area contributed by atoms with E-state index in [1.165, 1.54) is 31.2 Å². The van der Waals surface area contributed by atoms with Gasteiger partial charge in [-0.05, 0) is 48.8 Å². The zero-order chi connectivity index (χ0) is 14.8. The van der Waals surface area contributed by atoms with Gasteiger partial charge in [0.25, 0.3) is 0 Å². The molecule has 20 heavy (non-hydrogen) atoms. The Hall–Kier alpha value is -0.340. The Kier molecular flexibility index (Phi) is 5.30. The van der Waals surface area contributed by atoms with Gasteiger partial charge in [0.2, 0.25) is 0 Å². The first-order chi connectivity index (χ1) is 9.38. The van der Waals surface area contributed by atoms with Gasteiger partial charge in [-0.1, -0.05) is 61.7 Å². The molecule has 1 saturated carbocycles. The zero-order valence-corrected chi connectivity index (χ0v) is 14.8. The molecule has 2 unspecified atom stereocenters. The molecule has 0 heterocycles. The van der Waals surface area contributed by atoms with Gasteiger partial charge in [0.15, 0.2) is 0 Å². The number of nitrogens with one attached hydrogen (secondary N) is 1. The summed E-state index contributed by atoms with van der Waals surface area (Å²) in [5.41, 5.74) is 1.78. The summed E-state index contributed by atoms with van der Waals surface area (Å²) in [6, 6.07) is 9.79. The van der Waals surface area contributed by atoms with Crippen molar-refractivity contribution in [3.8, 4) is 0 Å². The van der Waals surface area contributed by atoms with Crippen LogP contribution in [0.15, 0.2) is 28.7 Å². The van der Waals surface area contributed by atoms with E-state index in [9.17, 15) is 0 Å². The van der Waals surface area contributed by atoms with E-state index < -0.39 is 0 Å². The van der Waals surface area contributed by atoms with Crippen LogP contribution < -0.4 is 5.32 Å². The molecule has 0 bridgehead atoms. The highest BCUT2D eigenvalue weighted by Crippen LogP contribution is 2.38. The van der Waals surface area contributed by atoms with Crippen LogP contribution in [0.4, 0.5) is 0 Å². The molecule has 2 heteroatoms. The summed E-state index contributed by atoms with van der Waals surface area (Å²) < 4.78 is 1.15. The van der Waals surface area contributed by atoms with E-state index in [4.69, 9.17) is 0 Å². The van der Waals surface area contributed by atoms with Gasteiger partial charge in [0, 0.05) is 16.6 Å². The molecular formula is C18H28BrN. The second-order valence-electron chi connectivity index (χ2n) is 7.30. The molecule has 0 aromatic heterocycles. The predicted molar refractivity (Wildman–Crippen MR) is 90.9 cm³/mol. The second-order valence-corrected chi connectivity index (χ2v) is 8.22. The fourth-order valence-electron chi connectivity index (χ4n) is 3.54. The third-order valence-corrected chi connectivity index (χ3v) is 5.24. The van der Waals surface area contributed by atoms with Crippen LogP contribution in [-0.2, 0) is 0 Å². The Bertz CT molecular complexity index is 418. The molecule has 0 aliphatic heterocycles. The van der Waals surface area contributed by atoms with Gasteiger partial charge in [-0.25, -0.2) is 0 Å². The Morgan fingerprint density at radius 1 is 1.10 bits per heavy atom. The molecule has 1 aromatic carbocycles. The van der Waals surface area contributed by atoms with Gasteiger partial charge < -0.3 is 5.32 Å². The summed E-state index contributed by atoms with van der Waals surface area (Å²) in [6.45, 7) is 9.46. The summed E-state index contributed by atoms with van der Waals surface area (Å²) in [4.78, 5) is 0. The highest BCUT2D eigenvalue weighted by Gasteiger charge is 2.34. The number of rotatable bonds is 3. The average molecular weight is 338 g/mol. The number of halogens is 1. The van der Waals surface area contributed by atoms with Crippen molar-refractivity contribution in [3.63, 3.8) is 0 Å². The average Bonchev–Trinajstić information content (AvgIpc) is 2.38. The maximum Gasteiger partial charge on any atom is 0.0294 e. The lowest BCUT2D eigenvalue weighted by molar-refractivity contribution is 0.124. The first-order valence-corrected chi connectivity index (χ1v) is 8.69. The van der Waals surface area contributed by atoms with Crippen molar-refractivity contribution >= 4 is 15.9 Å². The van der Waals surface area contributed by atoms with E-state index >= 15 is 0 Å². The highest BCUT2D eigenvalue weighted by atomic mass is 79.9. The van der Waals surface area contributed by atoms with Crippen molar-refractivity contribution in [3.05, 3.63) is 34.3 Å². The van der Waals surface area contributed by atoms with E-state index in [0.29, 0.717) is 17.5 Å².